The third-order valence-electron chi connectivity index (χ3n) is 5.15. The number of nitrogens with one attached hydrogen (secondary N) is 1. The first-order chi connectivity index (χ1) is 12.8. The summed E-state index contributed by atoms with van der Waals surface area (Å²) in [6.07, 6.45) is 5.73. The van der Waals surface area contributed by atoms with Crippen LogP contribution in [0.2, 0.25) is 0 Å². The van der Waals surface area contributed by atoms with E-state index < -0.39 is 0 Å². The lowest BCUT2D eigenvalue weighted by molar-refractivity contribution is 0.0949. The van der Waals surface area contributed by atoms with Gasteiger partial charge in [0.25, 0.3) is 5.91 Å². The van der Waals surface area contributed by atoms with Crippen LogP contribution >= 0.6 is 0 Å². The lowest BCUT2D eigenvalue weighted by Crippen LogP contribution is -2.31. The Morgan fingerprint density at radius 3 is 2.88 bits per heavy atom. The standard InChI is InChI=1S/C21H24N4O/c26-21(19-15-23-25-11-5-4-8-20(19)25)22-14-18-10-13-24(16-18)12-9-17-6-2-1-3-7-17/h1-8,11,15,18H,9-10,12-14,16H2,(H,22,26). The summed E-state index contributed by atoms with van der Waals surface area (Å²) in [5.41, 5.74) is 2.88. The molecule has 1 fully saturated rings. The highest BCUT2D eigenvalue weighted by molar-refractivity contribution is 6.00. The molecule has 1 amide bonds. The largest absolute Gasteiger partial charge is 0.352 e. The molecule has 1 aliphatic rings. The van der Waals surface area contributed by atoms with Gasteiger partial charge in [0.1, 0.15) is 0 Å². The van der Waals surface area contributed by atoms with Gasteiger partial charge in [0.15, 0.2) is 0 Å². The Morgan fingerprint density at radius 1 is 1.15 bits per heavy atom. The number of rotatable bonds is 6. The van der Waals surface area contributed by atoms with Crippen LogP contribution in [0.15, 0.2) is 60.9 Å². The fourth-order valence-electron chi connectivity index (χ4n) is 3.66. The summed E-state index contributed by atoms with van der Waals surface area (Å²) >= 11 is 0. The Kier molecular flexibility index (Phi) is 4.97. The van der Waals surface area contributed by atoms with Gasteiger partial charge in [-0.25, -0.2) is 4.52 Å². The number of nitrogens with zero attached hydrogens (tertiary/aromatic N) is 3. The van der Waals surface area contributed by atoms with Crippen molar-refractivity contribution in [3.05, 3.63) is 72.1 Å². The van der Waals surface area contributed by atoms with Crippen LogP contribution in [0.25, 0.3) is 5.52 Å². The smallest absolute Gasteiger partial charge is 0.255 e. The van der Waals surface area contributed by atoms with Crippen molar-refractivity contribution in [3.8, 4) is 0 Å². The van der Waals surface area contributed by atoms with E-state index in [1.807, 2.05) is 24.4 Å². The van der Waals surface area contributed by atoms with E-state index >= 15 is 0 Å². The Balaban J connectivity index is 1.26. The molecule has 3 aromatic rings. The van der Waals surface area contributed by atoms with Gasteiger partial charge in [-0.15, -0.1) is 0 Å². The maximum atomic E-state index is 12.5. The van der Waals surface area contributed by atoms with Gasteiger partial charge in [-0.2, -0.15) is 5.10 Å². The van der Waals surface area contributed by atoms with Gasteiger partial charge in [0.05, 0.1) is 17.3 Å². The molecular weight excluding hydrogens is 324 g/mol. The highest BCUT2D eigenvalue weighted by Gasteiger charge is 2.23. The molecule has 1 atom stereocenters. The van der Waals surface area contributed by atoms with Gasteiger partial charge >= 0.3 is 0 Å². The molecule has 134 valence electrons. The first kappa shape index (κ1) is 16.8. The number of carbonyl (C=O) groups is 1. The van der Waals surface area contributed by atoms with Gasteiger partial charge in [-0.05, 0) is 43.0 Å². The van der Waals surface area contributed by atoms with Crippen LogP contribution in [-0.2, 0) is 6.42 Å². The molecule has 1 aliphatic heterocycles. The molecule has 0 aliphatic carbocycles. The number of fused-ring (bicyclic) bond motifs is 1. The fraction of sp³-hybridized carbons (Fsp3) is 0.333. The summed E-state index contributed by atoms with van der Waals surface area (Å²) in [7, 11) is 0. The van der Waals surface area contributed by atoms with E-state index in [4.69, 9.17) is 0 Å². The van der Waals surface area contributed by atoms with Crippen LogP contribution in [0, 0.1) is 5.92 Å². The monoisotopic (exact) mass is 348 g/mol. The summed E-state index contributed by atoms with van der Waals surface area (Å²) in [6, 6.07) is 16.4. The predicted octanol–water partition coefficient (Wildman–Crippen LogP) is 2.63. The zero-order chi connectivity index (χ0) is 17.8. The number of aromatic nitrogens is 2. The summed E-state index contributed by atoms with van der Waals surface area (Å²) in [4.78, 5) is 15.0. The minimum Gasteiger partial charge on any atom is -0.352 e. The van der Waals surface area contributed by atoms with E-state index in [0.29, 0.717) is 11.5 Å². The second-order valence-electron chi connectivity index (χ2n) is 6.99. The zero-order valence-electron chi connectivity index (χ0n) is 14.8. The molecule has 4 rings (SSSR count). The molecule has 1 aromatic carbocycles. The third-order valence-corrected chi connectivity index (χ3v) is 5.15. The quantitative estimate of drug-likeness (QED) is 0.745. The van der Waals surface area contributed by atoms with E-state index in [-0.39, 0.29) is 5.91 Å². The van der Waals surface area contributed by atoms with E-state index in [9.17, 15) is 4.79 Å². The number of pyridine rings is 1. The molecular formula is C21H24N4O. The Labute approximate surface area is 153 Å². The number of hydrogen-bond acceptors (Lipinski definition) is 3. The number of carbonyl (C=O) groups excluding carboxylic acids is 1. The third kappa shape index (κ3) is 3.78. The van der Waals surface area contributed by atoms with Crippen LogP contribution in [0.4, 0.5) is 0 Å². The molecule has 0 saturated carbocycles. The lowest BCUT2D eigenvalue weighted by atomic mass is 10.1. The summed E-state index contributed by atoms with van der Waals surface area (Å²) < 4.78 is 1.73. The Morgan fingerprint density at radius 2 is 2.00 bits per heavy atom. The number of likely N-dealkylation sites (tertiary alicyclic amines) is 1. The number of benzene rings is 1. The first-order valence-corrected chi connectivity index (χ1v) is 9.26. The van der Waals surface area contributed by atoms with Crippen LogP contribution in [0.5, 0.6) is 0 Å². The van der Waals surface area contributed by atoms with Crippen molar-refractivity contribution in [1.29, 1.82) is 0 Å². The summed E-state index contributed by atoms with van der Waals surface area (Å²) in [6.45, 7) is 3.99. The van der Waals surface area contributed by atoms with Gasteiger partial charge in [0, 0.05) is 25.8 Å². The zero-order valence-corrected chi connectivity index (χ0v) is 14.8. The van der Waals surface area contributed by atoms with Crippen LogP contribution in [0.3, 0.4) is 0 Å². The molecule has 3 heterocycles. The van der Waals surface area contributed by atoms with Crippen molar-refractivity contribution in [1.82, 2.24) is 19.8 Å². The van der Waals surface area contributed by atoms with Crippen LogP contribution in [-0.4, -0.2) is 46.6 Å². The summed E-state index contributed by atoms with van der Waals surface area (Å²) in [5.74, 6) is 0.491. The van der Waals surface area contributed by atoms with Gasteiger partial charge in [-0.3, -0.25) is 4.79 Å². The van der Waals surface area contributed by atoms with Crippen molar-refractivity contribution in [3.63, 3.8) is 0 Å². The van der Waals surface area contributed by atoms with E-state index in [0.717, 1.165) is 44.5 Å². The maximum absolute atomic E-state index is 12.5. The van der Waals surface area contributed by atoms with Crippen molar-refractivity contribution in [2.24, 2.45) is 5.92 Å². The average molecular weight is 348 g/mol. The van der Waals surface area contributed by atoms with Crippen molar-refractivity contribution < 1.29 is 4.79 Å². The highest BCUT2D eigenvalue weighted by atomic mass is 16.1. The molecule has 1 saturated heterocycles. The normalized spacial score (nSPS) is 17.6. The summed E-state index contributed by atoms with van der Waals surface area (Å²) in [5, 5.41) is 7.33. The van der Waals surface area contributed by atoms with Gasteiger partial charge < -0.3 is 10.2 Å². The van der Waals surface area contributed by atoms with Crippen LogP contribution < -0.4 is 5.32 Å². The minimum atomic E-state index is -0.0334. The highest BCUT2D eigenvalue weighted by Crippen LogP contribution is 2.17. The Hall–Kier alpha value is -2.66. The molecule has 0 spiro atoms. The molecule has 5 nitrogen and oxygen atoms in total. The molecule has 2 aromatic heterocycles. The molecule has 0 radical (unpaired) electrons. The fourth-order valence-corrected chi connectivity index (χ4v) is 3.66. The van der Waals surface area contributed by atoms with E-state index in [1.54, 1.807) is 10.7 Å². The van der Waals surface area contributed by atoms with Crippen molar-refractivity contribution in [2.45, 2.75) is 12.8 Å². The average Bonchev–Trinajstić information content (AvgIpc) is 3.32. The van der Waals surface area contributed by atoms with Crippen molar-refractivity contribution in [2.75, 3.05) is 26.2 Å². The van der Waals surface area contributed by atoms with E-state index in [1.165, 1.54) is 5.56 Å². The molecule has 1 unspecified atom stereocenters. The van der Waals surface area contributed by atoms with E-state index in [2.05, 4.69) is 45.6 Å². The SMILES string of the molecule is O=C(NCC1CCN(CCc2ccccc2)C1)c1cnn2ccccc12. The topological polar surface area (TPSA) is 49.6 Å². The molecule has 1 N–H and O–H groups in total. The predicted molar refractivity (Wildman–Crippen MR) is 102 cm³/mol. The molecule has 26 heavy (non-hydrogen) atoms. The van der Waals surface area contributed by atoms with Crippen LogP contribution in [0.1, 0.15) is 22.3 Å². The van der Waals surface area contributed by atoms with Crippen molar-refractivity contribution >= 4 is 11.4 Å². The Bertz CT molecular complexity index is 874. The van der Waals surface area contributed by atoms with Gasteiger partial charge in [0.2, 0.25) is 0 Å². The number of amides is 1. The maximum Gasteiger partial charge on any atom is 0.255 e. The molecule has 0 bridgehead atoms. The lowest BCUT2D eigenvalue weighted by Gasteiger charge is -2.16. The number of hydrogen-bond donors (Lipinski definition) is 1. The second kappa shape index (κ2) is 7.70. The molecule has 5 heteroatoms. The second-order valence-corrected chi connectivity index (χ2v) is 6.99. The van der Waals surface area contributed by atoms with Gasteiger partial charge in [-0.1, -0.05) is 36.4 Å². The minimum absolute atomic E-state index is 0.0334. The first-order valence-electron chi connectivity index (χ1n) is 9.26.